The van der Waals surface area contributed by atoms with Crippen LogP contribution in [-0.2, 0) is 46.2 Å². The zero-order chi connectivity index (χ0) is 32.5. The van der Waals surface area contributed by atoms with E-state index in [1.54, 1.807) is 0 Å². The average Bonchev–Trinajstić information content (AvgIpc) is 2.92. The van der Waals surface area contributed by atoms with Crippen LogP contribution < -0.4 is 17.1 Å². The number of hydrogen-bond acceptors (Lipinski definition) is 9. The average molecular weight is 666 g/mol. The number of nitrogens with zero attached hydrogens (tertiary/aromatic N) is 3. The first kappa shape index (κ1) is 39.8. The summed E-state index contributed by atoms with van der Waals surface area (Å²) in [7, 11) is -7.16. The van der Waals surface area contributed by atoms with Crippen molar-refractivity contribution in [1.82, 2.24) is 13.7 Å². The minimum Gasteiger partial charge on any atom is -0.374 e. The molecule has 1 rings (SSSR count). The molecule has 0 fully saturated rings. The highest BCUT2D eigenvalue weighted by molar-refractivity contribution is 6.76. The number of aromatic nitrogens is 3. The van der Waals surface area contributed by atoms with Gasteiger partial charge in [-0.2, -0.15) is 0 Å². The Kier molecular flexibility index (Phi) is 18.6. The van der Waals surface area contributed by atoms with Gasteiger partial charge in [-0.05, 0) is 67.2 Å². The van der Waals surface area contributed by atoms with E-state index in [4.69, 9.17) is 26.6 Å². The second kappa shape index (κ2) is 20.0. The van der Waals surface area contributed by atoms with E-state index in [2.05, 4.69) is 19.6 Å². The van der Waals surface area contributed by atoms with Crippen molar-refractivity contribution in [1.29, 1.82) is 0 Å². The second-order valence-electron chi connectivity index (χ2n) is 11.5. The highest BCUT2D eigenvalue weighted by Gasteiger charge is 2.40. The Labute approximate surface area is 261 Å². The second-order valence-corrected chi connectivity index (χ2v) is 22.6. The van der Waals surface area contributed by atoms with Crippen LogP contribution in [0, 0.1) is 0 Å². The van der Waals surface area contributed by atoms with Gasteiger partial charge in [-0.1, -0.05) is 25.7 Å². The fraction of sp³-hybridized carbons (Fsp3) is 0.893. The molecule has 0 aliphatic rings. The lowest BCUT2D eigenvalue weighted by atomic mass is 10.3. The van der Waals surface area contributed by atoms with Crippen LogP contribution in [0.4, 0.5) is 0 Å². The van der Waals surface area contributed by atoms with Crippen molar-refractivity contribution >= 4 is 25.7 Å². The fourth-order valence-corrected chi connectivity index (χ4v) is 11.6. The third-order valence-electron chi connectivity index (χ3n) is 6.86. The fourth-order valence-electron chi connectivity index (χ4n) is 5.09. The van der Waals surface area contributed by atoms with Gasteiger partial charge in [-0.25, -0.2) is 28.1 Å². The van der Waals surface area contributed by atoms with Crippen molar-refractivity contribution in [3.8, 4) is 0 Å². The van der Waals surface area contributed by atoms with Crippen LogP contribution in [0.1, 0.15) is 67.2 Å². The molecular weight excluding hydrogens is 607 g/mol. The van der Waals surface area contributed by atoms with Crippen molar-refractivity contribution in [2.45, 2.75) is 125 Å². The predicted molar refractivity (Wildman–Crippen MR) is 177 cm³/mol. The predicted octanol–water partition coefficient (Wildman–Crippen LogP) is 4.17. The molecule has 252 valence electrons. The summed E-state index contributed by atoms with van der Waals surface area (Å²) in [5.41, 5.74) is -1.70. The number of unbranched alkanes of at least 4 members (excludes halogenated alkanes) is 1. The Morgan fingerprint density at radius 3 is 1.02 bits per heavy atom. The molecule has 0 saturated heterocycles. The summed E-state index contributed by atoms with van der Waals surface area (Å²) in [6.07, 6.45) is 2.35. The van der Waals surface area contributed by atoms with Gasteiger partial charge in [0, 0.05) is 79.4 Å². The van der Waals surface area contributed by atoms with Crippen molar-refractivity contribution in [2.24, 2.45) is 0 Å². The highest BCUT2D eigenvalue weighted by Crippen LogP contribution is 2.20. The monoisotopic (exact) mass is 665 g/mol. The van der Waals surface area contributed by atoms with Crippen LogP contribution >= 0.6 is 0 Å². The van der Waals surface area contributed by atoms with E-state index in [0.717, 1.165) is 6.04 Å². The maximum Gasteiger partial charge on any atom is 0.500 e. The molecule has 1 heterocycles. The normalized spacial score (nSPS) is 12.8. The molecule has 12 nitrogen and oxygen atoms in total. The summed E-state index contributed by atoms with van der Waals surface area (Å²) in [5, 5.41) is 0. The van der Waals surface area contributed by atoms with Crippen LogP contribution in [0.25, 0.3) is 0 Å². The minimum absolute atomic E-state index is 0.142. The molecule has 43 heavy (non-hydrogen) atoms. The Bertz CT molecular complexity index is 1070. The first-order chi connectivity index (χ1) is 20.4. The molecule has 15 heteroatoms. The first-order valence-electron chi connectivity index (χ1n) is 16.2. The van der Waals surface area contributed by atoms with Gasteiger partial charge in [0.15, 0.2) is 0 Å². The van der Waals surface area contributed by atoms with Crippen LogP contribution in [-0.4, -0.2) is 79.0 Å². The molecule has 0 aliphatic carbocycles. The third kappa shape index (κ3) is 13.0. The van der Waals surface area contributed by atoms with E-state index in [1.807, 2.05) is 41.5 Å². The quantitative estimate of drug-likeness (QED) is 0.112. The summed E-state index contributed by atoms with van der Waals surface area (Å²) in [6, 6.07) is 2.02. The van der Waals surface area contributed by atoms with E-state index >= 15 is 0 Å². The molecule has 0 saturated carbocycles. The highest BCUT2D eigenvalue weighted by atomic mass is 28.4. The standard InChI is InChI=1S/C28H59N3O9Si3/c1-10-35-42(36-11-2,37-12-3)24-17-16-20-29-26(32)30(21-18-23-41(7,8)9)28(34)31(27(29)33)22-19-25-43(38-13-4,39-14-5)40-15-6/h10-25H2,1-9H3. The first-order valence-corrected chi connectivity index (χ1v) is 23.7. The molecule has 1 aromatic rings. The SMILES string of the molecule is CCO[Si](CCCCn1c(=O)n(CCC[Si](C)(C)C)c(=O)n(CCC[Si](OCC)(OCC)OCC)c1=O)(OCC)OCC. The van der Waals surface area contributed by atoms with Crippen molar-refractivity contribution in [3.05, 3.63) is 31.5 Å². The third-order valence-corrected chi connectivity index (χ3v) is 15.0. The smallest absolute Gasteiger partial charge is 0.374 e. The minimum atomic E-state index is -2.95. The summed E-state index contributed by atoms with van der Waals surface area (Å²) in [4.78, 5) is 40.6. The van der Waals surface area contributed by atoms with Gasteiger partial charge >= 0.3 is 34.7 Å². The molecular formula is C28H59N3O9Si3. The zero-order valence-electron chi connectivity index (χ0n) is 28.3. The molecule has 0 radical (unpaired) electrons. The van der Waals surface area contributed by atoms with Gasteiger partial charge in [-0.15, -0.1) is 0 Å². The van der Waals surface area contributed by atoms with Gasteiger partial charge in [-0.3, -0.25) is 0 Å². The summed E-state index contributed by atoms with van der Waals surface area (Å²) < 4.78 is 39.3. The van der Waals surface area contributed by atoms with E-state index in [1.165, 1.54) is 13.7 Å². The Hall–Kier alpha value is -1.18. The van der Waals surface area contributed by atoms with Crippen LogP contribution in [0.5, 0.6) is 0 Å². The molecule has 0 N–H and O–H groups in total. The van der Waals surface area contributed by atoms with Gasteiger partial charge in [0.25, 0.3) is 0 Å². The van der Waals surface area contributed by atoms with Crippen LogP contribution in [0.2, 0.25) is 37.8 Å². The van der Waals surface area contributed by atoms with E-state index < -0.39 is 42.8 Å². The van der Waals surface area contributed by atoms with Crippen molar-refractivity contribution in [3.63, 3.8) is 0 Å². The van der Waals surface area contributed by atoms with Gasteiger partial charge in [0.05, 0.1) is 0 Å². The van der Waals surface area contributed by atoms with Crippen LogP contribution in [0.15, 0.2) is 14.4 Å². The zero-order valence-corrected chi connectivity index (χ0v) is 31.3. The molecule has 0 atom stereocenters. The number of rotatable bonds is 25. The Morgan fingerprint density at radius 2 is 0.721 bits per heavy atom. The summed E-state index contributed by atoms with van der Waals surface area (Å²) in [6.45, 7) is 21.6. The van der Waals surface area contributed by atoms with Crippen molar-refractivity contribution < 1.29 is 26.6 Å². The summed E-state index contributed by atoms with van der Waals surface area (Å²) >= 11 is 0. The maximum absolute atomic E-state index is 13.6. The van der Waals surface area contributed by atoms with Gasteiger partial charge in [0.1, 0.15) is 0 Å². The lowest BCUT2D eigenvalue weighted by Crippen LogP contribution is -2.55. The van der Waals surface area contributed by atoms with E-state index in [0.29, 0.717) is 77.4 Å². The Morgan fingerprint density at radius 1 is 0.442 bits per heavy atom. The molecule has 1 aromatic heterocycles. The lowest BCUT2D eigenvalue weighted by Gasteiger charge is -2.28. The molecule has 0 aromatic carbocycles. The molecule has 0 aliphatic heterocycles. The van der Waals surface area contributed by atoms with Gasteiger partial charge < -0.3 is 26.6 Å². The van der Waals surface area contributed by atoms with Crippen molar-refractivity contribution in [2.75, 3.05) is 39.6 Å². The van der Waals surface area contributed by atoms with Gasteiger partial charge in [0.2, 0.25) is 0 Å². The lowest BCUT2D eigenvalue weighted by molar-refractivity contribution is 0.0696. The van der Waals surface area contributed by atoms with E-state index in [9.17, 15) is 14.4 Å². The summed E-state index contributed by atoms with van der Waals surface area (Å²) in [5.74, 6) is 0. The Balaban J connectivity index is 3.31. The van der Waals surface area contributed by atoms with Crippen LogP contribution in [0.3, 0.4) is 0 Å². The largest absolute Gasteiger partial charge is 0.500 e. The molecule has 0 spiro atoms. The van der Waals surface area contributed by atoms with E-state index in [-0.39, 0.29) is 19.6 Å². The molecule has 0 unspecified atom stereocenters. The molecule has 0 amide bonds. The topological polar surface area (TPSA) is 121 Å². The molecule has 0 bridgehead atoms. The maximum atomic E-state index is 13.6. The number of hydrogen-bond donors (Lipinski definition) is 0.